The standard InChI is InChI=1S/C14H27NO2/c1-11(9-12-7-8-15-10-12)5-6-13(16)17-14(2,3)4/h11-12,15H,5-10H2,1-4H3. The number of esters is 1. The van der Waals surface area contributed by atoms with Crippen LogP contribution in [0.2, 0.25) is 0 Å². The molecule has 0 bridgehead atoms. The van der Waals surface area contributed by atoms with E-state index in [9.17, 15) is 4.79 Å². The summed E-state index contributed by atoms with van der Waals surface area (Å²) >= 11 is 0. The highest BCUT2D eigenvalue weighted by atomic mass is 16.6. The van der Waals surface area contributed by atoms with Gasteiger partial charge in [0.1, 0.15) is 5.60 Å². The molecule has 1 N–H and O–H groups in total. The van der Waals surface area contributed by atoms with Gasteiger partial charge in [0.25, 0.3) is 0 Å². The average Bonchev–Trinajstić information content (AvgIpc) is 2.64. The molecular formula is C14H27NO2. The molecular weight excluding hydrogens is 214 g/mol. The molecule has 0 aromatic heterocycles. The van der Waals surface area contributed by atoms with E-state index in [-0.39, 0.29) is 11.6 Å². The van der Waals surface area contributed by atoms with Crippen LogP contribution in [0.15, 0.2) is 0 Å². The first-order chi connectivity index (χ1) is 7.87. The Morgan fingerprint density at radius 2 is 2.18 bits per heavy atom. The second kappa shape index (κ2) is 6.39. The van der Waals surface area contributed by atoms with E-state index in [1.165, 1.54) is 12.8 Å². The number of carbonyl (C=O) groups is 1. The predicted molar refractivity (Wildman–Crippen MR) is 69.8 cm³/mol. The van der Waals surface area contributed by atoms with Crippen LogP contribution in [0.25, 0.3) is 0 Å². The predicted octanol–water partition coefficient (Wildman–Crippen LogP) is 2.74. The molecule has 0 radical (unpaired) electrons. The van der Waals surface area contributed by atoms with Gasteiger partial charge in [-0.2, -0.15) is 0 Å². The second-order valence-corrected chi connectivity index (χ2v) is 6.32. The van der Waals surface area contributed by atoms with Crippen molar-refractivity contribution in [2.75, 3.05) is 13.1 Å². The van der Waals surface area contributed by atoms with Gasteiger partial charge in [0, 0.05) is 6.42 Å². The highest BCUT2D eigenvalue weighted by Gasteiger charge is 2.20. The van der Waals surface area contributed by atoms with Crippen molar-refractivity contribution in [2.24, 2.45) is 11.8 Å². The summed E-state index contributed by atoms with van der Waals surface area (Å²) < 4.78 is 5.31. The minimum atomic E-state index is -0.351. The molecule has 1 saturated heterocycles. The molecule has 1 rings (SSSR count). The largest absolute Gasteiger partial charge is 0.460 e. The van der Waals surface area contributed by atoms with E-state index < -0.39 is 0 Å². The lowest BCUT2D eigenvalue weighted by atomic mass is 9.92. The Morgan fingerprint density at radius 3 is 2.71 bits per heavy atom. The molecule has 3 nitrogen and oxygen atoms in total. The monoisotopic (exact) mass is 241 g/mol. The Bertz CT molecular complexity index is 239. The summed E-state index contributed by atoms with van der Waals surface area (Å²) in [6.07, 6.45) is 4.02. The summed E-state index contributed by atoms with van der Waals surface area (Å²) in [5, 5.41) is 3.38. The third-order valence-electron chi connectivity index (χ3n) is 3.16. The minimum Gasteiger partial charge on any atom is -0.460 e. The van der Waals surface area contributed by atoms with Gasteiger partial charge in [-0.3, -0.25) is 4.79 Å². The van der Waals surface area contributed by atoms with Crippen LogP contribution in [-0.4, -0.2) is 24.7 Å². The Labute approximate surface area is 105 Å². The van der Waals surface area contributed by atoms with Crippen LogP contribution >= 0.6 is 0 Å². The third-order valence-corrected chi connectivity index (χ3v) is 3.16. The topological polar surface area (TPSA) is 38.3 Å². The quantitative estimate of drug-likeness (QED) is 0.752. The van der Waals surface area contributed by atoms with Gasteiger partial charge in [-0.15, -0.1) is 0 Å². The smallest absolute Gasteiger partial charge is 0.306 e. The molecule has 0 aliphatic carbocycles. The summed E-state index contributed by atoms with van der Waals surface area (Å²) in [6, 6.07) is 0. The lowest BCUT2D eigenvalue weighted by Gasteiger charge is -2.20. The van der Waals surface area contributed by atoms with Crippen molar-refractivity contribution >= 4 is 5.97 Å². The SMILES string of the molecule is CC(CCC(=O)OC(C)(C)C)CC1CCNC1. The summed E-state index contributed by atoms with van der Waals surface area (Å²) in [7, 11) is 0. The first-order valence-corrected chi connectivity index (χ1v) is 6.79. The molecule has 17 heavy (non-hydrogen) atoms. The Balaban J connectivity index is 2.14. The minimum absolute atomic E-state index is 0.0612. The fraction of sp³-hybridized carbons (Fsp3) is 0.929. The lowest BCUT2D eigenvalue weighted by Crippen LogP contribution is -2.24. The zero-order valence-corrected chi connectivity index (χ0v) is 11.7. The van der Waals surface area contributed by atoms with Gasteiger partial charge in [0.2, 0.25) is 0 Å². The molecule has 1 fully saturated rings. The van der Waals surface area contributed by atoms with Crippen LogP contribution in [0.5, 0.6) is 0 Å². The molecule has 2 unspecified atom stereocenters. The highest BCUT2D eigenvalue weighted by molar-refractivity contribution is 5.69. The molecule has 2 atom stereocenters. The van der Waals surface area contributed by atoms with Crippen LogP contribution in [0.1, 0.15) is 53.4 Å². The van der Waals surface area contributed by atoms with Crippen molar-refractivity contribution < 1.29 is 9.53 Å². The van der Waals surface area contributed by atoms with E-state index in [1.54, 1.807) is 0 Å². The van der Waals surface area contributed by atoms with Crippen LogP contribution < -0.4 is 5.32 Å². The molecule has 3 heteroatoms. The van der Waals surface area contributed by atoms with Crippen molar-refractivity contribution in [1.82, 2.24) is 5.32 Å². The Hall–Kier alpha value is -0.570. The lowest BCUT2D eigenvalue weighted by molar-refractivity contribution is -0.155. The summed E-state index contributed by atoms with van der Waals surface area (Å²) in [6.45, 7) is 10.3. The van der Waals surface area contributed by atoms with Gasteiger partial charge in [-0.1, -0.05) is 6.92 Å². The number of hydrogen-bond donors (Lipinski definition) is 1. The number of rotatable bonds is 5. The molecule has 0 spiro atoms. The molecule has 1 aliphatic heterocycles. The summed E-state index contributed by atoms with van der Waals surface area (Å²) in [5.74, 6) is 1.37. The Kier molecular flexibility index (Phi) is 5.44. The number of hydrogen-bond acceptors (Lipinski definition) is 3. The second-order valence-electron chi connectivity index (χ2n) is 6.32. The molecule has 100 valence electrons. The van der Waals surface area contributed by atoms with Crippen LogP contribution in [0.4, 0.5) is 0 Å². The van der Waals surface area contributed by atoms with E-state index in [0.29, 0.717) is 12.3 Å². The van der Waals surface area contributed by atoms with E-state index in [2.05, 4.69) is 12.2 Å². The molecule has 0 saturated carbocycles. The normalized spacial score (nSPS) is 22.5. The molecule has 1 heterocycles. The van der Waals surface area contributed by atoms with E-state index in [0.717, 1.165) is 25.4 Å². The maximum absolute atomic E-state index is 11.6. The number of carbonyl (C=O) groups excluding carboxylic acids is 1. The maximum atomic E-state index is 11.6. The van der Waals surface area contributed by atoms with Gasteiger partial charge in [0.15, 0.2) is 0 Å². The van der Waals surface area contributed by atoms with E-state index in [1.807, 2.05) is 20.8 Å². The first-order valence-electron chi connectivity index (χ1n) is 6.79. The fourth-order valence-corrected chi connectivity index (χ4v) is 2.36. The van der Waals surface area contributed by atoms with E-state index >= 15 is 0 Å². The van der Waals surface area contributed by atoms with Gasteiger partial charge in [-0.05, 0) is 65.0 Å². The molecule has 1 aliphatic rings. The van der Waals surface area contributed by atoms with Crippen molar-refractivity contribution in [3.8, 4) is 0 Å². The van der Waals surface area contributed by atoms with E-state index in [4.69, 9.17) is 4.74 Å². The van der Waals surface area contributed by atoms with Crippen molar-refractivity contribution in [2.45, 2.75) is 59.0 Å². The van der Waals surface area contributed by atoms with Crippen molar-refractivity contribution in [1.29, 1.82) is 0 Å². The van der Waals surface area contributed by atoms with Gasteiger partial charge < -0.3 is 10.1 Å². The summed E-state index contributed by atoms with van der Waals surface area (Å²) in [4.78, 5) is 11.6. The third kappa shape index (κ3) is 6.67. The number of ether oxygens (including phenoxy) is 1. The molecule has 0 aromatic rings. The average molecular weight is 241 g/mol. The van der Waals surface area contributed by atoms with Crippen molar-refractivity contribution in [3.05, 3.63) is 0 Å². The maximum Gasteiger partial charge on any atom is 0.306 e. The molecule has 0 amide bonds. The van der Waals surface area contributed by atoms with Crippen molar-refractivity contribution in [3.63, 3.8) is 0 Å². The van der Waals surface area contributed by atoms with Gasteiger partial charge in [0.05, 0.1) is 0 Å². The Morgan fingerprint density at radius 1 is 1.47 bits per heavy atom. The van der Waals surface area contributed by atoms with Crippen LogP contribution in [0, 0.1) is 11.8 Å². The zero-order valence-electron chi connectivity index (χ0n) is 11.7. The van der Waals surface area contributed by atoms with Crippen LogP contribution in [0.3, 0.4) is 0 Å². The first kappa shape index (κ1) is 14.5. The number of nitrogens with one attached hydrogen (secondary N) is 1. The summed E-state index contributed by atoms with van der Waals surface area (Å²) in [5.41, 5.74) is -0.351. The van der Waals surface area contributed by atoms with Gasteiger partial charge >= 0.3 is 5.97 Å². The molecule has 0 aromatic carbocycles. The zero-order chi connectivity index (χ0) is 12.9. The fourth-order valence-electron chi connectivity index (χ4n) is 2.36. The highest BCUT2D eigenvalue weighted by Crippen LogP contribution is 2.22. The van der Waals surface area contributed by atoms with Crippen LogP contribution in [-0.2, 0) is 9.53 Å². The van der Waals surface area contributed by atoms with Gasteiger partial charge in [-0.25, -0.2) is 0 Å².